The number of ether oxygens (including phenoxy) is 10. The Balaban J connectivity index is 0.654. The van der Waals surface area contributed by atoms with Crippen molar-refractivity contribution < 1.29 is 71.3 Å². The van der Waals surface area contributed by atoms with Crippen molar-refractivity contribution in [1.82, 2.24) is 20.5 Å². The Morgan fingerprint density at radius 3 is 1.80 bits per heavy atom. The lowest BCUT2D eigenvalue weighted by Gasteiger charge is -2.37. The molecule has 7 rings (SSSR count). The highest BCUT2D eigenvalue weighted by Crippen LogP contribution is 2.35. The zero-order chi connectivity index (χ0) is 58.1. The molecular formula is C60H80N6O16. The standard InChI is InChI=1S/C60H80N6O16/c1-5-65(46-15-18-73-19-16-46)53-39-45(38-49(43(53)4)56(68)62-40-50-41(2)37-42(3)63-57(50)69)44-9-11-47(12-10-44)82-36-35-81-34-33-80-32-31-79-30-29-78-28-27-77-26-25-76-24-23-75-22-21-74-20-17-61-51-8-6-7-48-55(51)60(72)66(59(48)71)52-13-14-54(67)64-58(52)70/h6-12,37-39,46,52,61H,5,13-36,40H2,1-4H3,(H,62,68)(H,63,69)(H,64,67,70). The van der Waals surface area contributed by atoms with E-state index in [0.717, 1.165) is 57.9 Å². The third-order valence-electron chi connectivity index (χ3n) is 14.1. The van der Waals surface area contributed by atoms with Crippen molar-refractivity contribution in [2.24, 2.45) is 0 Å². The monoisotopic (exact) mass is 1140 g/mol. The van der Waals surface area contributed by atoms with E-state index in [1.165, 1.54) is 0 Å². The first-order chi connectivity index (χ1) is 39.9. The smallest absolute Gasteiger partial charge is 0.264 e. The minimum absolute atomic E-state index is 0.0572. The van der Waals surface area contributed by atoms with Crippen LogP contribution in [0.25, 0.3) is 11.1 Å². The lowest BCUT2D eigenvalue weighted by atomic mass is 9.95. The molecule has 0 bridgehead atoms. The number of hydrogen-bond acceptors (Lipinski definition) is 18. The van der Waals surface area contributed by atoms with Crippen LogP contribution in [-0.2, 0) is 58.8 Å². The summed E-state index contributed by atoms with van der Waals surface area (Å²) >= 11 is 0. The molecule has 3 aliphatic heterocycles. The van der Waals surface area contributed by atoms with Crippen LogP contribution in [0.5, 0.6) is 5.75 Å². The van der Waals surface area contributed by atoms with Gasteiger partial charge in [0.25, 0.3) is 23.3 Å². The number of fused-ring (bicyclic) bond motifs is 1. The number of benzene rings is 3. The zero-order valence-corrected chi connectivity index (χ0v) is 47.7. The highest BCUT2D eigenvalue weighted by atomic mass is 16.6. The highest BCUT2D eigenvalue weighted by molar-refractivity contribution is 6.25. The molecule has 0 radical (unpaired) electrons. The summed E-state index contributed by atoms with van der Waals surface area (Å²) in [5.74, 6) is -1.73. The first-order valence-electron chi connectivity index (χ1n) is 28.3. The number of piperidine rings is 1. The molecule has 82 heavy (non-hydrogen) atoms. The normalized spacial score (nSPS) is 15.5. The molecule has 0 saturated carbocycles. The van der Waals surface area contributed by atoms with Crippen LogP contribution in [0.3, 0.4) is 0 Å². The minimum atomic E-state index is -1.02. The molecule has 0 spiro atoms. The van der Waals surface area contributed by atoms with Crippen molar-refractivity contribution in [3.63, 3.8) is 0 Å². The summed E-state index contributed by atoms with van der Waals surface area (Å²) in [4.78, 5) is 83.0. The van der Waals surface area contributed by atoms with Gasteiger partial charge in [-0.2, -0.15) is 0 Å². The Morgan fingerprint density at radius 1 is 0.671 bits per heavy atom. The Hall–Kier alpha value is -6.60. The minimum Gasteiger partial charge on any atom is -0.491 e. The molecule has 3 aliphatic rings. The number of amides is 5. The second kappa shape index (κ2) is 33.5. The van der Waals surface area contributed by atoms with Crippen LogP contribution in [0.4, 0.5) is 11.4 Å². The van der Waals surface area contributed by atoms with E-state index in [1.807, 2.05) is 57.2 Å². The maximum atomic E-state index is 13.9. The van der Waals surface area contributed by atoms with Gasteiger partial charge in [-0.15, -0.1) is 0 Å². The van der Waals surface area contributed by atoms with E-state index >= 15 is 0 Å². The molecular weight excluding hydrogens is 1060 g/mol. The van der Waals surface area contributed by atoms with Crippen molar-refractivity contribution in [3.8, 4) is 16.9 Å². The van der Waals surface area contributed by atoms with Gasteiger partial charge >= 0.3 is 0 Å². The lowest BCUT2D eigenvalue weighted by molar-refractivity contribution is -0.136. The number of imide groups is 2. The van der Waals surface area contributed by atoms with Crippen molar-refractivity contribution >= 4 is 40.9 Å². The first kappa shape index (κ1) is 63.0. The van der Waals surface area contributed by atoms with Crippen molar-refractivity contribution in [2.75, 3.05) is 149 Å². The van der Waals surface area contributed by atoms with Gasteiger partial charge in [-0.05, 0) is 112 Å². The highest BCUT2D eigenvalue weighted by Gasteiger charge is 2.45. The molecule has 446 valence electrons. The van der Waals surface area contributed by atoms with Crippen LogP contribution in [-0.4, -0.2) is 190 Å². The molecule has 22 nitrogen and oxygen atoms in total. The molecule has 5 amide bonds. The van der Waals surface area contributed by atoms with Crippen LogP contribution in [0.15, 0.2) is 65.5 Å². The number of aryl methyl sites for hydroxylation is 2. The van der Waals surface area contributed by atoms with Gasteiger partial charge in [0.05, 0.1) is 117 Å². The Morgan fingerprint density at radius 2 is 1.24 bits per heavy atom. The molecule has 1 atom stereocenters. The predicted molar refractivity (Wildman–Crippen MR) is 305 cm³/mol. The number of hydrogen-bond donors (Lipinski definition) is 4. The fourth-order valence-electron chi connectivity index (χ4n) is 9.91. The average Bonchev–Trinajstić information content (AvgIpc) is 4.00. The average molecular weight is 1140 g/mol. The third kappa shape index (κ3) is 18.5. The second-order valence-electron chi connectivity index (χ2n) is 19.8. The van der Waals surface area contributed by atoms with Gasteiger partial charge in [0.1, 0.15) is 18.4 Å². The van der Waals surface area contributed by atoms with Gasteiger partial charge in [-0.1, -0.05) is 18.2 Å². The summed E-state index contributed by atoms with van der Waals surface area (Å²) in [6.07, 6.45) is 1.97. The van der Waals surface area contributed by atoms with Crippen LogP contribution in [0, 0.1) is 20.8 Å². The van der Waals surface area contributed by atoms with E-state index < -0.39 is 29.7 Å². The van der Waals surface area contributed by atoms with Gasteiger partial charge < -0.3 is 67.9 Å². The molecule has 3 aromatic carbocycles. The van der Waals surface area contributed by atoms with Crippen LogP contribution < -0.4 is 31.1 Å². The molecule has 4 N–H and O–H groups in total. The molecule has 4 aromatic rings. The van der Waals surface area contributed by atoms with Gasteiger partial charge in [0.2, 0.25) is 11.8 Å². The number of nitrogens with zero attached hydrogens (tertiary/aromatic N) is 2. The number of anilines is 2. The molecule has 4 heterocycles. The first-order valence-corrected chi connectivity index (χ1v) is 28.3. The van der Waals surface area contributed by atoms with Gasteiger partial charge in [-0.25, -0.2) is 0 Å². The summed E-state index contributed by atoms with van der Waals surface area (Å²) in [6.45, 7) is 17.5. The zero-order valence-electron chi connectivity index (χ0n) is 47.7. The van der Waals surface area contributed by atoms with E-state index in [9.17, 15) is 28.8 Å². The van der Waals surface area contributed by atoms with E-state index in [1.54, 1.807) is 18.2 Å². The van der Waals surface area contributed by atoms with Crippen molar-refractivity contribution in [2.45, 2.75) is 72.0 Å². The summed E-state index contributed by atoms with van der Waals surface area (Å²) in [5, 5.41) is 8.36. The number of carbonyl (C=O) groups excluding carboxylic acids is 5. The summed E-state index contributed by atoms with van der Waals surface area (Å²) in [5.41, 5.74) is 7.14. The fraction of sp³-hybridized carbons (Fsp3) is 0.533. The molecule has 22 heteroatoms. The molecule has 0 aliphatic carbocycles. The maximum absolute atomic E-state index is 13.9. The third-order valence-corrected chi connectivity index (χ3v) is 14.1. The number of nitrogens with one attached hydrogen (secondary N) is 4. The SMILES string of the molecule is CCN(c1cc(-c2ccc(OCCOCCOCCOCCOCCOCCOCCOCCOCCNc3cccc4c3C(=O)N(C3CCC(=O)NC3=O)C4=O)cc2)cc(C(=O)NCc2c(C)cc(C)[nH]c2=O)c1C)C1CCOCC1. The van der Waals surface area contributed by atoms with Gasteiger partial charge in [-0.3, -0.25) is 39.0 Å². The summed E-state index contributed by atoms with van der Waals surface area (Å²) in [7, 11) is 0. The maximum Gasteiger partial charge on any atom is 0.264 e. The number of aromatic nitrogens is 1. The Kier molecular flexibility index (Phi) is 25.7. The number of aromatic amines is 1. The van der Waals surface area contributed by atoms with Crippen molar-refractivity contribution in [1.29, 1.82) is 0 Å². The van der Waals surface area contributed by atoms with Crippen molar-refractivity contribution in [3.05, 3.63) is 110 Å². The van der Waals surface area contributed by atoms with Gasteiger partial charge in [0, 0.05) is 73.5 Å². The molecule has 2 fully saturated rings. The van der Waals surface area contributed by atoms with Gasteiger partial charge in [0.15, 0.2) is 0 Å². The second-order valence-corrected chi connectivity index (χ2v) is 19.8. The lowest BCUT2D eigenvalue weighted by Crippen LogP contribution is -2.54. The Bertz CT molecular complexity index is 2790. The summed E-state index contributed by atoms with van der Waals surface area (Å²) in [6, 6.07) is 18.0. The molecule has 1 aromatic heterocycles. The van der Waals surface area contributed by atoms with Crippen LogP contribution in [0.1, 0.15) is 86.1 Å². The quantitative estimate of drug-likeness (QED) is 0.0345. The predicted octanol–water partition coefficient (Wildman–Crippen LogP) is 4.93. The van der Waals surface area contributed by atoms with E-state index in [0.29, 0.717) is 161 Å². The van der Waals surface area contributed by atoms with E-state index in [-0.39, 0.29) is 42.0 Å². The topological polar surface area (TPSA) is 253 Å². The van der Waals surface area contributed by atoms with Crippen LogP contribution >= 0.6 is 0 Å². The largest absolute Gasteiger partial charge is 0.491 e. The van der Waals surface area contributed by atoms with Crippen LogP contribution in [0.2, 0.25) is 0 Å². The number of H-pyrrole nitrogens is 1. The Labute approximate surface area is 479 Å². The summed E-state index contributed by atoms with van der Waals surface area (Å²) < 4.78 is 56.4. The van der Waals surface area contributed by atoms with E-state index in [4.69, 9.17) is 47.4 Å². The van der Waals surface area contributed by atoms with E-state index in [2.05, 4.69) is 38.8 Å². The number of rotatable bonds is 37. The molecule has 1 unspecified atom stereocenters. The number of pyridine rings is 1. The number of carbonyl (C=O) groups is 5. The molecule has 2 saturated heterocycles. The fourth-order valence-corrected chi connectivity index (χ4v) is 9.91.